The van der Waals surface area contributed by atoms with E-state index in [2.05, 4.69) is 200 Å². The molecule has 2 heterocycles. The first-order chi connectivity index (χ1) is 30.2. The van der Waals surface area contributed by atoms with E-state index in [-0.39, 0.29) is 0 Å². The Morgan fingerprint density at radius 3 is 1.41 bits per heavy atom. The van der Waals surface area contributed by atoms with E-state index < -0.39 is 5.41 Å². The molecule has 0 spiro atoms. The summed E-state index contributed by atoms with van der Waals surface area (Å²) < 4.78 is 0. The molecule has 0 radical (unpaired) electrons. The van der Waals surface area contributed by atoms with Crippen LogP contribution in [0.1, 0.15) is 22.3 Å². The van der Waals surface area contributed by atoms with E-state index in [1.807, 2.05) is 24.3 Å². The zero-order valence-electron chi connectivity index (χ0n) is 33.2. The summed E-state index contributed by atoms with van der Waals surface area (Å²) >= 11 is 0. The van der Waals surface area contributed by atoms with Gasteiger partial charge in [0.05, 0.1) is 27.8 Å². The van der Waals surface area contributed by atoms with Crippen LogP contribution in [-0.4, -0.2) is 15.0 Å². The first-order valence-electron chi connectivity index (χ1n) is 20.9. The SMILES string of the molecule is c1ccc(-c2nc(-c3ccc(-c4ccc(-c5nc6ccccc6c6cc7c(cc56)-c5ccccc5C7(c5ccccc5)c5ccccc5)cc4)cc3)c3ccccc3n2)cc1. The molecule has 3 heteroatoms. The van der Waals surface area contributed by atoms with Gasteiger partial charge in [0.25, 0.3) is 0 Å². The molecule has 0 saturated heterocycles. The molecule has 0 aliphatic heterocycles. The number of hydrogen-bond donors (Lipinski definition) is 0. The number of hydrogen-bond acceptors (Lipinski definition) is 3. The lowest BCUT2D eigenvalue weighted by Gasteiger charge is -2.34. The lowest BCUT2D eigenvalue weighted by atomic mass is 9.67. The predicted octanol–water partition coefficient (Wildman–Crippen LogP) is 14.4. The molecule has 9 aromatic carbocycles. The molecule has 11 aromatic rings. The Bertz CT molecular complexity index is 3390. The fourth-order valence-electron chi connectivity index (χ4n) is 9.76. The largest absolute Gasteiger partial charge is 0.247 e. The van der Waals surface area contributed by atoms with Crippen LogP contribution >= 0.6 is 0 Å². The molecule has 0 saturated carbocycles. The van der Waals surface area contributed by atoms with Crippen LogP contribution < -0.4 is 0 Å². The molecule has 0 fully saturated rings. The molecular formula is C58H37N3. The number of rotatable bonds is 6. The number of fused-ring (bicyclic) bond motifs is 7. The molecule has 61 heavy (non-hydrogen) atoms. The van der Waals surface area contributed by atoms with Gasteiger partial charge >= 0.3 is 0 Å². The van der Waals surface area contributed by atoms with Gasteiger partial charge in [-0.05, 0) is 74.2 Å². The minimum Gasteiger partial charge on any atom is -0.247 e. The number of benzene rings is 9. The number of pyridine rings is 1. The minimum atomic E-state index is -0.477. The summed E-state index contributed by atoms with van der Waals surface area (Å²) in [5, 5.41) is 4.54. The maximum Gasteiger partial charge on any atom is 0.160 e. The van der Waals surface area contributed by atoms with Crippen LogP contribution in [0.4, 0.5) is 0 Å². The zero-order chi connectivity index (χ0) is 40.3. The molecule has 0 bridgehead atoms. The summed E-state index contributed by atoms with van der Waals surface area (Å²) in [5.41, 5.74) is 16.4. The van der Waals surface area contributed by atoms with Gasteiger partial charge in [-0.25, -0.2) is 15.0 Å². The van der Waals surface area contributed by atoms with Crippen molar-refractivity contribution in [2.45, 2.75) is 5.41 Å². The van der Waals surface area contributed by atoms with Crippen molar-refractivity contribution in [3.63, 3.8) is 0 Å². The van der Waals surface area contributed by atoms with E-state index in [0.717, 1.165) is 72.2 Å². The third-order valence-electron chi connectivity index (χ3n) is 12.6. The fraction of sp³-hybridized carbons (Fsp3) is 0.0172. The van der Waals surface area contributed by atoms with Crippen LogP contribution in [-0.2, 0) is 5.41 Å². The third kappa shape index (κ3) is 5.55. The topological polar surface area (TPSA) is 38.7 Å². The first-order valence-corrected chi connectivity index (χ1v) is 20.9. The van der Waals surface area contributed by atoms with Gasteiger partial charge in [0, 0.05) is 32.8 Å². The second-order valence-corrected chi connectivity index (χ2v) is 15.9. The summed E-state index contributed by atoms with van der Waals surface area (Å²) in [7, 11) is 0. The standard InChI is InChI=1S/C58H37N3/c1-4-16-42(17-5-1)57-60-54-27-15-12-24-47(54)55(61-57)40-32-28-38(29-33-40)39-30-34-41(35-31-39)56-50-36-49-45-22-10-13-25-51(45)58(43-18-6-2-7-19-43,44-20-8-3-9-21-44)52(49)37-48(50)46-23-11-14-26-53(46)59-56/h1-37H. The Hall–Kier alpha value is -8.01. The maximum atomic E-state index is 5.40. The summed E-state index contributed by atoms with van der Waals surface area (Å²) in [6, 6.07) is 80.5. The average Bonchev–Trinajstić information content (AvgIpc) is 3.63. The van der Waals surface area contributed by atoms with Crippen molar-refractivity contribution in [2.75, 3.05) is 0 Å². The van der Waals surface area contributed by atoms with Crippen molar-refractivity contribution in [3.05, 3.63) is 247 Å². The lowest BCUT2D eigenvalue weighted by molar-refractivity contribution is 0.769. The molecule has 0 unspecified atom stereocenters. The van der Waals surface area contributed by atoms with E-state index >= 15 is 0 Å². The van der Waals surface area contributed by atoms with Crippen LogP contribution in [0, 0.1) is 0 Å². The molecule has 0 amide bonds. The Balaban J connectivity index is 0.981. The van der Waals surface area contributed by atoms with Crippen molar-refractivity contribution in [1.29, 1.82) is 0 Å². The van der Waals surface area contributed by atoms with Crippen LogP contribution in [0.3, 0.4) is 0 Å². The normalized spacial score (nSPS) is 12.7. The van der Waals surface area contributed by atoms with Gasteiger partial charge in [0.1, 0.15) is 0 Å². The highest BCUT2D eigenvalue weighted by atomic mass is 14.9. The Kier molecular flexibility index (Phi) is 8.07. The number of nitrogens with zero attached hydrogens (tertiary/aromatic N) is 3. The number of aromatic nitrogens is 3. The van der Waals surface area contributed by atoms with Gasteiger partial charge in [-0.1, -0.05) is 200 Å². The van der Waals surface area contributed by atoms with Crippen LogP contribution in [0.5, 0.6) is 0 Å². The van der Waals surface area contributed by atoms with E-state index in [1.165, 1.54) is 38.8 Å². The second kappa shape index (κ2) is 14.1. The van der Waals surface area contributed by atoms with E-state index in [9.17, 15) is 0 Å². The molecule has 0 atom stereocenters. The van der Waals surface area contributed by atoms with Crippen molar-refractivity contribution in [1.82, 2.24) is 15.0 Å². The van der Waals surface area contributed by atoms with Crippen molar-refractivity contribution >= 4 is 32.6 Å². The average molecular weight is 776 g/mol. The molecule has 3 nitrogen and oxygen atoms in total. The second-order valence-electron chi connectivity index (χ2n) is 15.9. The van der Waals surface area contributed by atoms with Crippen molar-refractivity contribution in [3.8, 4) is 56.2 Å². The zero-order valence-corrected chi connectivity index (χ0v) is 33.2. The highest BCUT2D eigenvalue weighted by molar-refractivity contribution is 6.13. The molecule has 0 N–H and O–H groups in total. The van der Waals surface area contributed by atoms with Gasteiger partial charge in [0.2, 0.25) is 0 Å². The van der Waals surface area contributed by atoms with E-state index in [4.69, 9.17) is 15.0 Å². The highest BCUT2D eigenvalue weighted by Gasteiger charge is 2.46. The molecule has 1 aliphatic rings. The quantitative estimate of drug-likeness (QED) is 0.158. The molecule has 12 rings (SSSR count). The predicted molar refractivity (Wildman–Crippen MR) is 251 cm³/mol. The van der Waals surface area contributed by atoms with E-state index in [0.29, 0.717) is 0 Å². The Morgan fingerprint density at radius 2 is 0.770 bits per heavy atom. The summed E-state index contributed by atoms with van der Waals surface area (Å²) in [6.07, 6.45) is 0. The van der Waals surface area contributed by atoms with Crippen LogP contribution in [0.25, 0.3) is 88.7 Å². The van der Waals surface area contributed by atoms with E-state index in [1.54, 1.807) is 0 Å². The highest BCUT2D eigenvalue weighted by Crippen LogP contribution is 2.57. The maximum absolute atomic E-state index is 5.40. The molecular weight excluding hydrogens is 739 g/mol. The van der Waals surface area contributed by atoms with Gasteiger partial charge in [-0.2, -0.15) is 0 Å². The summed E-state index contributed by atoms with van der Waals surface area (Å²) in [6.45, 7) is 0. The minimum absolute atomic E-state index is 0.477. The molecule has 1 aliphatic carbocycles. The van der Waals surface area contributed by atoms with Gasteiger partial charge < -0.3 is 0 Å². The van der Waals surface area contributed by atoms with Gasteiger partial charge in [-0.3, -0.25) is 0 Å². The van der Waals surface area contributed by atoms with Crippen molar-refractivity contribution < 1.29 is 0 Å². The Morgan fingerprint density at radius 1 is 0.279 bits per heavy atom. The smallest absolute Gasteiger partial charge is 0.160 e. The fourth-order valence-corrected chi connectivity index (χ4v) is 9.76. The summed E-state index contributed by atoms with van der Waals surface area (Å²) in [4.78, 5) is 15.4. The monoisotopic (exact) mass is 775 g/mol. The molecule has 284 valence electrons. The summed E-state index contributed by atoms with van der Waals surface area (Å²) in [5.74, 6) is 0.727. The van der Waals surface area contributed by atoms with Crippen LogP contribution in [0.15, 0.2) is 224 Å². The van der Waals surface area contributed by atoms with Crippen LogP contribution in [0.2, 0.25) is 0 Å². The third-order valence-corrected chi connectivity index (χ3v) is 12.6. The van der Waals surface area contributed by atoms with Gasteiger partial charge in [0.15, 0.2) is 5.82 Å². The van der Waals surface area contributed by atoms with Crippen molar-refractivity contribution in [2.24, 2.45) is 0 Å². The Labute approximate surface area is 354 Å². The lowest BCUT2D eigenvalue weighted by Crippen LogP contribution is -2.28. The molecule has 2 aromatic heterocycles. The number of para-hydroxylation sites is 2. The van der Waals surface area contributed by atoms with Gasteiger partial charge in [-0.15, -0.1) is 0 Å². The first kappa shape index (κ1) is 35.0.